The van der Waals surface area contributed by atoms with Gasteiger partial charge in [0.25, 0.3) is 0 Å². The molecule has 0 radical (unpaired) electrons. The van der Waals surface area contributed by atoms with Crippen LogP contribution in [0, 0.1) is 0 Å². The first kappa shape index (κ1) is 14.1. The van der Waals surface area contributed by atoms with Crippen molar-refractivity contribution >= 4 is 22.7 Å². The predicted octanol–water partition coefficient (Wildman–Crippen LogP) is 3.49. The average molecular weight is 272 g/mol. The maximum absolute atomic E-state index is 12.0. The summed E-state index contributed by atoms with van der Waals surface area (Å²) in [5.74, 6) is -1.35. The molecule has 0 bridgehead atoms. The van der Waals surface area contributed by atoms with Gasteiger partial charge in [-0.15, -0.1) is 0 Å². The third-order valence-electron chi connectivity index (χ3n) is 3.08. The molecular weight excluding hydrogens is 256 g/mol. The van der Waals surface area contributed by atoms with Crippen LogP contribution in [0.3, 0.4) is 0 Å². The molecule has 0 unspecified atom stereocenters. The fourth-order valence-electron chi connectivity index (χ4n) is 1.98. The summed E-state index contributed by atoms with van der Waals surface area (Å²) in [5, 5.41) is 10.4. The van der Waals surface area contributed by atoms with Gasteiger partial charge in [-0.3, -0.25) is 0 Å². The molecule has 20 heavy (non-hydrogen) atoms. The van der Waals surface area contributed by atoms with E-state index in [0.29, 0.717) is 17.6 Å². The Morgan fingerprint density at radius 3 is 2.70 bits per heavy atom. The van der Waals surface area contributed by atoms with E-state index in [-0.39, 0.29) is 11.5 Å². The largest absolute Gasteiger partial charge is 0.478 e. The summed E-state index contributed by atoms with van der Waals surface area (Å²) in [6, 6.07) is 9.90. The number of benzene rings is 2. The standard InChI is InChI=1S/C16H16O4/c1-2-3-9-20-16(19)14-6-4-5-11-10-12(15(17)18)7-8-13(11)14/h4-8,10H,2-3,9H2,1H3,(H,17,18). The Balaban J connectivity index is 2.34. The molecule has 0 saturated carbocycles. The summed E-state index contributed by atoms with van der Waals surface area (Å²) in [6.07, 6.45) is 1.80. The van der Waals surface area contributed by atoms with Crippen molar-refractivity contribution in [2.45, 2.75) is 19.8 Å². The molecule has 2 aromatic rings. The van der Waals surface area contributed by atoms with Crippen LogP contribution >= 0.6 is 0 Å². The molecule has 0 aliphatic carbocycles. The Bertz CT molecular complexity index is 646. The van der Waals surface area contributed by atoms with Crippen LogP contribution in [0.15, 0.2) is 36.4 Å². The van der Waals surface area contributed by atoms with Crippen LogP contribution in [-0.4, -0.2) is 23.7 Å². The average Bonchev–Trinajstić information content (AvgIpc) is 2.46. The highest BCUT2D eigenvalue weighted by Crippen LogP contribution is 2.21. The fourth-order valence-corrected chi connectivity index (χ4v) is 1.98. The zero-order chi connectivity index (χ0) is 14.5. The van der Waals surface area contributed by atoms with Gasteiger partial charge >= 0.3 is 11.9 Å². The van der Waals surface area contributed by atoms with Crippen LogP contribution in [0.1, 0.15) is 40.5 Å². The number of fused-ring (bicyclic) bond motifs is 1. The van der Waals surface area contributed by atoms with Crippen molar-refractivity contribution in [3.8, 4) is 0 Å². The number of ether oxygens (including phenoxy) is 1. The van der Waals surface area contributed by atoms with E-state index < -0.39 is 5.97 Å². The second-order valence-electron chi connectivity index (χ2n) is 4.54. The Hall–Kier alpha value is -2.36. The summed E-state index contributed by atoms with van der Waals surface area (Å²) < 4.78 is 5.20. The highest BCUT2D eigenvalue weighted by Gasteiger charge is 2.12. The topological polar surface area (TPSA) is 63.6 Å². The quantitative estimate of drug-likeness (QED) is 0.668. The van der Waals surface area contributed by atoms with Gasteiger partial charge in [0.15, 0.2) is 0 Å². The minimum absolute atomic E-state index is 0.203. The van der Waals surface area contributed by atoms with E-state index in [4.69, 9.17) is 9.84 Å². The van der Waals surface area contributed by atoms with Crippen molar-refractivity contribution in [3.05, 3.63) is 47.5 Å². The number of rotatable bonds is 5. The molecule has 0 heterocycles. The number of unbranched alkanes of at least 4 members (excludes halogenated alkanes) is 1. The van der Waals surface area contributed by atoms with Crippen molar-refractivity contribution in [2.24, 2.45) is 0 Å². The molecule has 2 aromatic carbocycles. The van der Waals surface area contributed by atoms with Gasteiger partial charge in [0, 0.05) is 0 Å². The summed E-state index contributed by atoms with van der Waals surface area (Å²) in [7, 11) is 0. The second-order valence-corrected chi connectivity index (χ2v) is 4.54. The molecule has 2 rings (SSSR count). The van der Waals surface area contributed by atoms with Gasteiger partial charge in [-0.1, -0.05) is 31.5 Å². The van der Waals surface area contributed by atoms with Crippen molar-refractivity contribution in [1.82, 2.24) is 0 Å². The summed E-state index contributed by atoms with van der Waals surface area (Å²) in [6.45, 7) is 2.43. The molecule has 0 spiro atoms. The first-order valence-electron chi connectivity index (χ1n) is 6.56. The van der Waals surface area contributed by atoms with Crippen LogP contribution in [-0.2, 0) is 4.74 Å². The van der Waals surface area contributed by atoms with Gasteiger partial charge in [-0.2, -0.15) is 0 Å². The van der Waals surface area contributed by atoms with E-state index in [1.165, 1.54) is 6.07 Å². The number of esters is 1. The smallest absolute Gasteiger partial charge is 0.338 e. The summed E-state index contributed by atoms with van der Waals surface area (Å²) in [4.78, 5) is 23.0. The van der Waals surface area contributed by atoms with Crippen LogP contribution in [0.5, 0.6) is 0 Å². The minimum atomic E-state index is -0.983. The maximum atomic E-state index is 12.0. The number of carboxylic acids is 1. The van der Waals surface area contributed by atoms with Crippen LogP contribution in [0.2, 0.25) is 0 Å². The minimum Gasteiger partial charge on any atom is -0.478 e. The van der Waals surface area contributed by atoms with Crippen LogP contribution < -0.4 is 0 Å². The Morgan fingerprint density at radius 2 is 2.00 bits per heavy atom. The van der Waals surface area contributed by atoms with E-state index in [2.05, 4.69) is 0 Å². The molecule has 0 aliphatic rings. The lowest BCUT2D eigenvalue weighted by atomic mass is 10.0. The fraction of sp³-hybridized carbons (Fsp3) is 0.250. The molecule has 4 heteroatoms. The lowest BCUT2D eigenvalue weighted by Gasteiger charge is -2.07. The third-order valence-corrected chi connectivity index (χ3v) is 3.08. The van der Waals surface area contributed by atoms with E-state index in [9.17, 15) is 9.59 Å². The van der Waals surface area contributed by atoms with E-state index >= 15 is 0 Å². The van der Waals surface area contributed by atoms with Crippen LogP contribution in [0.25, 0.3) is 10.8 Å². The molecule has 104 valence electrons. The zero-order valence-electron chi connectivity index (χ0n) is 11.3. The Morgan fingerprint density at radius 1 is 1.20 bits per heavy atom. The number of hydrogen-bond donors (Lipinski definition) is 1. The van der Waals surface area contributed by atoms with Crippen molar-refractivity contribution in [1.29, 1.82) is 0 Å². The van der Waals surface area contributed by atoms with Crippen LogP contribution in [0.4, 0.5) is 0 Å². The van der Waals surface area contributed by atoms with E-state index in [1.807, 2.05) is 6.92 Å². The molecule has 0 atom stereocenters. The number of aromatic carboxylic acids is 1. The van der Waals surface area contributed by atoms with Gasteiger partial charge in [-0.05, 0) is 35.4 Å². The number of carboxylic acid groups (broad SMARTS) is 1. The third kappa shape index (κ3) is 2.96. The monoisotopic (exact) mass is 272 g/mol. The lowest BCUT2D eigenvalue weighted by Crippen LogP contribution is -2.07. The van der Waals surface area contributed by atoms with Gasteiger partial charge in [-0.25, -0.2) is 9.59 Å². The lowest BCUT2D eigenvalue weighted by molar-refractivity contribution is 0.0501. The first-order chi connectivity index (χ1) is 9.63. The molecule has 1 N–H and O–H groups in total. The predicted molar refractivity (Wildman–Crippen MR) is 76.1 cm³/mol. The highest BCUT2D eigenvalue weighted by molar-refractivity contribution is 6.06. The second kappa shape index (κ2) is 6.19. The van der Waals surface area contributed by atoms with Gasteiger partial charge < -0.3 is 9.84 Å². The zero-order valence-corrected chi connectivity index (χ0v) is 11.3. The molecule has 0 aromatic heterocycles. The van der Waals surface area contributed by atoms with Gasteiger partial charge in [0.05, 0.1) is 17.7 Å². The summed E-state index contributed by atoms with van der Waals surface area (Å²) >= 11 is 0. The summed E-state index contributed by atoms with van der Waals surface area (Å²) in [5.41, 5.74) is 0.671. The molecule has 4 nitrogen and oxygen atoms in total. The number of carbonyl (C=O) groups excluding carboxylic acids is 1. The molecule has 0 amide bonds. The van der Waals surface area contributed by atoms with Crippen molar-refractivity contribution in [3.63, 3.8) is 0 Å². The van der Waals surface area contributed by atoms with Gasteiger partial charge in [0.2, 0.25) is 0 Å². The van der Waals surface area contributed by atoms with E-state index in [1.54, 1.807) is 30.3 Å². The molecule has 0 fully saturated rings. The highest BCUT2D eigenvalue weighted by atomic mass is 16.5. The Kier molecular flexibility index (Phi) is 4.35. The number of carbonyl (C=O) groups is 2. The van der Waals surface area contributed by atoms with Crippen molar-refractivity contribution in [2.75, 3.05) is 6.61 Å². The first-order valence-corrected chi connectivity index (χ1v) is 6.56. The maximum Gasteiger partial charge on any atom is 0.338 e. The number of hydrogen-bond acceptors (Lipinski definition) is 3. The SMILES string of the molecule is CCCCOC(=O)c1cccc2cc(C(=O)O)ccc12. The normalized spacial score (nSPS) is 10.4. The van der Waals surface area contributed by atoms with Crippen molar-refractivity contribution < 1.29 is 19.4 Å². The molecule has 0 saturated heterocycles. The Labute approximate surface area is 117 Å². The van der Waals surface area contributed by atoms with Gasteiger partial charge in [0.1, 0.15) is 0 Å². The molecular formula is C16H16O4. The molecule has 0 aliphatic heterocycles. The van der Waals surface area contributed by atoms with E-state index in [0.717, 1.165) is 18.2 Å².